The van der Waals surface area contributed by atoms with Gasteiger partial charge in [0.15, 0.2) is 0 Å². The van der Waals surface area contributed by atoms with Gasteiger partial charge in [-0.25, -0.2) is 0 Å². The number of rotatable bonds is 7. The predicted octanol–water partition coefficient (Wildman–Crippen LogP) is 3.76. The van der Waals surface area contributed by atoms with Gasteiger partial charge in [-0.2, -0.15) is 0 Å². The van der Waals surface area contributed by atoms with Gasteiger partial charge in [-0.1, -0.05) is 31.5 Å². The van der Waals surface area contributed by atoms with Crippen LogP contribution in [-0.4, -0.2) is 18.5 Å². The third-order valence-electron chi connectivity index (χ3n) is 4.05. The topological polar surface area (TPSA) is 45.5 Å². The van der Waals surface area contributed by atoms with Gasteiger partial charge in [0.25, 0.3) is 0 Å². The van der Waals surface area contributed by atoms with E-state index in [9.17, 15) is 4.79 Å². The second-order valence-electron chi connectivity index (χ2n) is 6.37. The fourth-order valence-corrected chi connectivity index (χ4v) is 2.22. The predicted molar refractivity (Wildman–Crippen MR) is 93.4 cm³/mol. The first-order valence-electron chi connectivity index (χ1n) is 8.09. The lowest BCUT2D eigenvalue weighted by Gasteiger charge is -2.25. The number of amides is 1. The molecule has 1 aromatic heterocycles. The second-order valence-corrected chi connectivity index (χ2v) is 6.37. The minimum atomic E-state index is 0.0262. The standard InChI is InChI=1S/C19H26N2O2/c1-14(2)16(4)20-19(22)13-21(12-18-6-5-11-23-18)17-9-7-15(3)8-10-17/h5-11,14,16H,12-13H2,1-4H3,(H,20,22). The molecule has 0 bridgehead atoms. The number of hydrogen-bond acceptors (Lipinski definition) is 3. The Balaban J connectivity index is 2.10. The number of nitrogens with zero attached hydrogens (tertiary/aromatic N) is 1. The first kappa shape index (κ1) is 17.1. The molecular weight excluding hydrogens is 288 g/mol. The monoisotopic (exact) mass is 314 g/mol. The molecule has 1 N–H and O–H groups in total. The molecule has 1 unspecified atom stereocenters. The summed E-state index contributed by atoms with van der Waals surface area (Å²) in [6.45, 7) is 9.17. The molecule has 4 heteroatoms. The van der Waals surface area contributed by atoms with Gasteiger partial charge in [0, 0.05) is 11.7 Å². The van der Waals surface area contributed by atoms with E-state index in [1.54, 1.807) is 6.26 Å². The zero-order valence-corrected chi connectivity index (χ0v) is 14.4. The van der Waals surface area contributed by atoms with Gasteiger partial charge in [0.1, 0.15) is 5.76 Å². The van der Waals surface area contributed by atoms with E-state index < -0.39 is 0 Å². The molecule has 0 aliphatic heterocycles. The maximum Gasteiger partial charge on any atom is 0.239 e. The minimum absolute atomic E-state index is 0.0262. The lowest BCUT2D eigenvalue weighted by atomic mass is 10.1. The van der Waals surface area contributed by atoms with E-state index in [2.05, 4.69) is 38.2 Å². The fourth-order valence-electron chi connectivity index (χ4n) is 2.22. The van der Waals surface area contributed by atoms with E-state index in [4.69, 9.17) is 4.42 Å². The van der Waals surface area contributed by atoms with Crippen LogP contribution in [0.1, 0.15) is 32.1 Å². The van der Waals surface area contributed by atoms with Crippen molar-refractivity contribution < 1.29 is 9.21 Å². The van der Waals surface area contributed by atoms with Gasteiger partial charge in [0.2, 0.25) is 5.91 Å². The molecular formula is C19H26N2O2. The van der Waals surface area contributed by atoms with Crippen LogP contribution in [0.25, 0.3) is 0 Å². The Kier molecular flexibility index (Phi) is 5.85. The van der Waals surface area contributed by atoms with Crippen molar-refractivity contribution in [3.05, 3.63) is 54.0 Å². The van der Waals surface area contributed by atoms with Crippen molar-refractivity contribution in [1.82, 2.24) is 5.32 Å². The smallest absolute Gasteiger partial charge is 0.239 e. The quantitative estimate of drug-likeness (QED) is 0.846. The summed E-state index contributed by atoms with van der Waals surface area (Å²) in [5.74, 6) is 1.28. The Hall–Kier alpha value is -2.23. The van der Waals surface area contributed by atoms with Crippen LogP contribution in [0.3, 0.4) is 0 Å². The normalized spacial score (nSPS) is 12.2. The highest BCUT2D eigenvalue weighted by Gasteiger charge is 2.16. The van der Waals surface area contributed by atoms with Gasteiger partial charge in [-0.15, -0.1) is 0 Å². The van der Waals surface area contributed by atoms with Crippen LogP contribution in [0.4, 0.5) is 5.69 Å². The number of carbonyl (C=O) groups is 1. The number of carbonyl (C=O) groups excluding carboxylic acids is 1. The van der Waals surface area contributed by atoms with Crippen LogP contribution in [0.2, 0.25) is 0 Å². The van der Waals surface area contributed by atoms with E-state index in [1.807, 2.05) is 36.1 Å². The molecule has 0 spiro atoms. The van der Waals surface area contributed by atoms with Crippen LogP contribution >= 0.6 is 0 Å². The summed E-state index contributed by atoms with van der Waals surface area (Å²) < 4.78 is 5.44. The third-order valence-corrected chi connectivity index (χ3v) is 4.05. The summed E-state index contributed by atoms with van der Waals surface area (Å²) in [5, 5.41) is 3.06. The molecule has 2 aromatic rings. The summed E-state index contributed by atoms with van der Waals surface area (Å²) in [7, 11) is 0. The average molecular weight is 314 g/mol. The van der Waals surface area contributed by atoms with Crippen molar-refractivity contribution in [1.29, 1.82) is 0 Å². The van der Waals surface area contributed by atoms with E-state index in [0.717, 1.165) is 11.4 Å². The molecule has 1 atom stereocenters. The molecule has 0 saturated carbocycles. The third kappa shape index (κ3) is 5.16. The highest BCUT2D eigenvalue weighted by atomic mass is 16.3. The number of nitrogens with one attached hydrogen (secondary N) is 1. The van der Waals surface area contributed by atoms with Crippen LogP contribution in [0, 0.1) is 12.8 Å². The summed E-state index contributed by atoms with van der Waals surface area (Å²) >= 11 is 0. The second kappa shape index (κ2) is 7.86. The van der Waals surface area contributed by atoms with Gasteiger partial charge in [-0.3, -0.25) is 4.79 Å². The van der Waals surface area contributed by atoms with E-state index in [1.165, 1.54) is 5.56 Å². The van der Waals surface area contributed by atoms with Gasteiger partial charge in [-0.05, 0) is 44.0 Å². The Labute approximate surface area is 138 Å². The first-order valence-corrected chi connectivity index (χ1v) is 8.09. The van der Waals surface area contributed by atoms with Gasteiger partial charge < -0.3 is 14.6 Å². The zero-order valence-electron chi connectivity index (χ0n) is 14.4. The molecule has 1 amide bonds. The maximum absolute atomic E-state index is 12.4. The summed E-state index contributed by atoms with van der Waals surface area (Å²) in [4.78, 5) is 14.4. The van der Waals surface area contributed by atoms with E-state index in [0.29, 0.717) is 19.0 Å². The van der Waals surface area contributed by atoms with Crippen molar-refractivity contribution >= 4 is 11.6 Å². The van der Waals surface area contributed by atoms with Crippen molar-refractivity contribution in [2.24, 2.45) is 5.92 Å². The van der Waals surface area contributed by atoms with E-state index in [-0.39, 0.29) is 11.9 Å². The Morgan fingerprint density at radius 3 is 2.43 bits per heavy atom. The molecule has 0 aliphatic rings. The van der Waals surface area contributed by atoms with E-state index >= 15 is 0 Å². The molecule has 0 saturated heterocycles. The average Bonchev–Trinajstić information content (AvgIpc) is 3.00. The molecule has 2 rings (SSSR count). The van der Waals surface area contributed by atoms with Gasteiger partial charge in [0.05, 0.1) is 19.4 Å². The molecule has 1 heterocycles. The first-order chi connectivity index (χ1) is 11.0. The lowest BCUT2D eigenvalue weighted by molar-refractivity contribution is -0.120. The Morgan fingerprint density at radius 1 is 1.17 bits per heavy atom. The molecule has 124 valence electrons. The number of benzene rings is 1. The fraction of sp³-hybridized carbons (Fsp3) is 0.421. The lowest BCUT2D eigenvalue weighted by Crippen LogP contribution is -2.42. The highest BCUT2D eigenvalue weighted by molar-refractivity contribution is 5.81. The SMILES string of the molecule is Cc1ccc(N(CC(=O)NC(C)C(C)C)Cc2ccco2)cc1. The molecule has 4 nitrogen and oxygen atoms in total. The Bertz CT molecular complexity index is 603. The van der Waals surface area contributed by atoms with Gasteiger partial charge >= 0.3 is 0 Å². The van der Waals surface area contributed by atoms with Crippen molar-refractivity contribution in [2.75, 3.05) is 11.4 Å². The van der Waals surface area contributed by atoms with Crippen molar-refractivity contribution in [3.8, 4) is 0 Å². The number of aryl methyl sites for hydroxylation is 1. The number of hydrogen-bond donors (Lipinski definition) is 1. The molecule has 1 aromatic carbocycles. The molecule has 0 aliphatic carbocycles. The molecule has 0 radical (unpaired) electrons. The van der Waals surface area contributed by atoms with Crippen molar-refractivity contribution in [3.63, 3.8) is 0 Å². The zero-order chi connectivity index (χ0) is 16.8. The summed E-state index contributed by atoms with van der Waals surface area (Å²) in [5.41, 5.74) is 2.21. The number of furan rings is 1. The molecule has 0 fully saturated rings. The summed E-state index contributed by atoms with van der Waals surface area (Å²) in [6.07, 6.45) is 1.66. The van der Waals surface area contributed by atoms with Crippen LogP contribution in [0.5, 0.6) is 0 Å². The molecule has 23 heavy (non-hydrogen) atoms. The largest absolute Gasteiger partial charge is 0.467 e. The highest BCUT2D eigenvalue weighted by Crippen LogP contribution is 2.18. The summed E-state index contributed by atoms with van der Waals surface area (Å²) in [6, 6.07) is 12.1. The minimum Gasteiger partial charge on any atom is -0.467 e. The van der Waals surface area contributed by atoms with Crippen molar-refractivity contribution in [2.45, 2.75) is 40.3 Å². The van der Waals surface area contributed by atoms with Crippen LogP contribution in [-0.2, 0) is 11.3 Å². The Morgan fingerprint density at radius 2 is 1.87 bits per heavy atom. The van der Waals surface area contributed by atoms with Crippen LogP contribution in [0.15, 0.2) is 47.1 Å². The van der Waals surface area contributed by atoms with Crippen LogP contribution < -0.4 is 10.2 Å². The number of anilines is 1. The maximum atomic E-state index is 12.4.